The number of piperidine rings is 1. The molecule has 5 heteroatoms. The Morgan fingerprint density at radius 1 is 1.07 bits per heavy atom. The molecule has 27 heavy (non-hydrogen) atoms. The number of para-hydroxylation sites is 2. The second-order valence-electron chi connectivity index (χ2n) is 6.99. The average molecular weight is 362 g/mol. The Kier molecular flexibility index (Phi) is 4.67. The molecule has 0 unspecified atom stereocenters. The van der Waals surface area contributed by atoms with Crippen LogP contribution in [-0.4, -0.2) is 29.3 Å². The number of furan rings is 1. The number of anilines is 1. The molecule has 0 aliphatic carbocycles. The van der Waals surface area contributed by atoms with Crippen molar-refractivity contribution in [3.05, 3.63) is 65.9 Å². The lowest BCUT2D eigenvalue weighted by molar-refractivity contribution is 0.0636. The van der Waals surface area contributed by atoms with Gasteiger partial charge in [-0.15, -0.1) is 0 Å². The lowest BCUT2D eigenvalue weighted by Crippen LogP contribution is -2.42. The minimum atomic E-state index is -0.363. The number of nitrogens with one attached hydrogen (secondary N) is 1. The highest BCUT2D eigenvalue weighted by atomic mass is 16.3. The molecule has 138 valence electrons. The molecule has 3 aromatic rings. The second-order valence-corrected chi connectivity index (χ2v) is 6.99. The minimum Gasteiger partial charge on any atom is -0.451 e. The van der Waals surface area contributed by atoms with Gasteiger partial charge in [0.1, 0.15) is 5.58 Å². The maximum absolute atomic E-state index is 13.0. The fraction of sp³-hybridized carbons (Fsp3) is 0.273. The van der Waals surface area contributed by atoms with Gasteiger partial charge in [0.25, 0.3) is 11.8 Å². The van der Waals surface area contributed by atoms with Crippen LogP contribution in [0.4, 0.5) is 5.69 Å². The van der Waals surface area contributed by atoms with E-state index in [1.165, 1.54) is 0 Å². The minimum absolute atomic E-state index is 0.0392. The Morgan fingerprint density at radius 2 is 1.85 bits per heavy atom. The first-order valence-electron chi connectivity index (χ1n) is 9.33. The molecule has 2 aromatic carbocycles. The van der Waals surface area contributed by atoms with E-state index in [-0.39, 0.29) is 23.6 Å². The summed E-state index contributed by atoms with van der Waals surface area (Å²) in [6.07, 6.45) is 3.18. The molecule has 0 radical (unpaired) electrons. The van der Waals surface area contributed by atoms with Gasteiger partial charge >= 0.3 is 0 Å². The normalized spacial score (nSPS) is 17.1. The Hall–Kier alpha value is -3.08. The van der Waals surface area contributed by atoms with E-state index in [0.29, 0.717) is 16.8 Å². The predicted octanol–water partition coefficient (Wildman–Crippen LogP) is 4.70. The highest BCUT2D eigenvalue weighted by Crippen LogP contribution is 2.25. The van der Waals surface area contributed by atoms with Crippen LogP contribution in [0.25, 0.3) is 11.0 Å². The Bertz CT molecular complexity index is 959. The van der Waals surface area contributed by atoms with Gasteiger partial charge < -0.3 is 14.6 Å². The molecule has 0 spiro atoms. The van der Waals surface area contributed by atoms with Crippen LogP contribution in [0.15, 0.2) is 59.0 Å². The van der Waals surface area contributed by atoms with Crippen molar-refractivity contribution in [2.75, 3.05) is 11.9 Å². The summed E-state index contributed by atoms with van der Waals surface area (Å²) in [4.78, 5) is 27.6. The van der Waals surface area contributed by atoms with Crippen molar-refractivity contribution in [1.82, 2.24) is 4.90 Å². The van der Waals surface area contributed by atoms with Crippen LogP contribution in [0.2, 0.25) is 0 Å². The molecule has 2 heterocycles. The van der Waals surface area contributed by atoms with E-state index in [4.69, 9.17) is 4.42 Å². The molecule has 1 aliphatic rings. The summed E-state index contributed by atoms with van der Waals surface area (Å²) in [5.41, 5.74) is 1.68. The van der Waals surface area contributed by atoms with Gasteiger partial charge in [-0.05, 0) is 50.5 Å². The van der Waals surface area contributed by atoms with Gasteiger partial charge in [0.2, 0.25) is 0 Å². The molecular weight excluding hydrogens is 340 g/mol. The number of likely N-dealkylation sites (tertiary alicyclic amines) is 1. The number of nitrogens with zero attached hydrogens (tertiary/aromatic N) is 1. The van der Waals surface area contributed by atoms with Crippen LogP contribution in [0.1, 0.15) is 47.1 Å². The smallest absolute Gasteiger partial charge is 0.291 e. The summed E-state index contributed by atoms with van der Waals surface area (Å²) < 4.78 is 5.63. The van der Waals surface area contributed by atoms with E-state index < -0.39 is 0 Å². The summed E-state index contributed by atoms with van der Waals surface area (Å²) in [5, 5.41) is 3.71. The van der Waals surface area contributed by atoms with E-state index in [2.05, 4.69) is 12.2 Å². The standard InChI is InChI=1S/C22H22N2O3/c1-15-8-6-7-13-24(15)22(26)17-10-3-4-11-18(17)23-21(25)20-14-16-9-2-5-12-19(16)27-20/h2-5,9-12,14-15H,6-8,13H2,1H3,(H,23,25)/t15-/m1/s1. The molecule has 2 amide bonds. The summed E-state index contributed by atoms with van der Waals surface area (Å²) in [6.45, 7) is 2.83. The topological polar surface area (TPSA) is 62.6 Å². The lowest BCUT2D eigenvalue weighted by atomic mass is 10.0. The maximum Gasteiger partial charge on any atom is 0.291 e. The first kappa shape index (κ1) is 17.3. The van der Waals surface area contributed by atoms with E-state index in [1.54, 1.807) is 18.2 Å². The molecular formula is C22H22N2O3. The van der Waals surface area contributed by atoms with E-state index in [0.717, 1.165) is 31.2 Å². The first-order chi connectivity index (χ1) is 13.1. The molecule has 1 N–H and O–H groups in total. The summed E-state index contributed by atoms with van der Waals surface area (Å²) in [5.74, 6) is -0.175. The molecule has 4 rings (SSSR count). The van der Waals surface area contributed by atoms with Gasteiger partial charge in [-0.25, -0.2) is 0 Å². The molecule has 0 saturated carbocycles. The van der Waals surface area contributed by atoms with Crippen LogP contribution < -0.4 is 5.32 Å². The first-order valence-corrected chi connectivity index (χ1v) is 9.33. The third kappa shape index (κ3) is 3.45. The van der Waals surface area contributed by atoms with E-state index in [9.17, 15) is 9.59 Å². The summed E-state index contributed by atoms with van der Waals surface area (Å²) in [6, 6.07) is 16.5. The van der Waals surface area contributed by atoms with Gasteiger partial charge in [0, 0.05) is 18.0 Å². The zero-order valence-electron chi connectivity index (χ0n) is 15.3. The van der Waals surface area contributed by atoms with Gasteiger partial charge in [0.05, 0.1) is 11.3 Å². The van der Waals surface area contributed by atoms with Crippen molar-refractivity contribution >= 4 is 28.5 Å². The fourth-order valence-corrected chi connectivity index (χ4v) is 3.61. The van der Waals surface area contributed by atoms with Crippen molar-refractivity contribution < 1.29 is 14.0 Å². The highest BCUT2D eigenvalue weighted by molar-refractivity contribution is 6.09. The molecule has 1 aliphatic heterocycles. The third-order valence-corrected chi connectivity index (χ3v) is 5.12. The SMILES string of the molecule is C[C@@H]1CCCCN1C(=O)c1ccccc1NC(=O)c1cc2ccccc2o1. The Morgan fingerprint density at radius 3 is 2.67 bits per heavy atom. The second kappa shape index (κ2) is 7.27. The fourth-order valence-electron chi connectivity index (χ4n) is 3.61. The average Bonchev–Trinajstić information content (AvgIpc) is 3.13. The quantitative estimate of drug-likeness (QED) is 0.734. The molecule has 1 saturated heterocycles. The van der Waals surface area contributed by atoms with Crippen LogP contribution in [0.3, 0.4) is 0 Å². The van der Waals surface area contributed by atoms with Crippen LogP contribution in [0.5, 0.6) is 0 Å². The van der Waals surface area contributed by atoms with Crippen molar-refractivity contribution in [3.63, 3.8) is 0 Å². The number of rotatable bonds is 3. The maximum atomic E-state index is 13.0. The van der Waals surface area contributed by atoms with Crippen LogP contribution in [0, 0.1) is 0 Å². The number of carbonyl (C=O) groups excluding carboxylic acids is 2. The van der Waals surface area contributed by atoms with Crippen molar-refractivity contribution in [1.29, 1.82) is 0 Å². The highest BCUT2D eigenvalue weighted by Gasteiger charge is 2.26. The van der Waals surface area contributed by atoms with Gasteiger partial charge in [0.15, 0.2) is 5.76 Å². The monoisotopic (exact) mass is 362 g/mol. The predicted molar refractivity (Wildman–Crippen MR) is 105 cm³/mol. The number of benzene rings is 2. The number of carbonyl (C=O) groups is 2. The number of hydrogen-bond acceptors (Lipinski definition) is 3. The van der Waals surface area contributed by atoms with Crippen LogP contribution >= 0.6 is 0 Å². The molecule has 1 fully saturated rings. The number of fused-ring (bicyclic) bond motifs is 1. The van der Waals surface area contributed by atoms with Crippen molar-refractivity contribution in [3.8, 4) is 0 Å². The largest absolute Gasteiger partial charge is 0.451 e. The van der Waals surface area contributed by atoms with E-state index >= 15 is 0 Å². The zero-order valence-corrected chi connectivity index (χ0v) is 15.3. The third-order valence-electron chi connectivity index (χ3n) is 5.12. The summed E-state index contributed by atoms with van der Waals surface area (Å²) in [7, 11) is 0. The van der Waals surface area contributed by atoms with E-state index in [1.807, 2.05) is 41.3 Å². The molecule has 5 nitrogen and oxygen atoms in total. The number of hydrogen-bond donors (Lipinski definition) is 1. The lowest BCUT2D eigenvalue weighted by Gasteiger charge is -2.33. The van der Waals surface area contributed by atoms with Gasteiger partial charge in [-0.3, -0.25) is 9.59 Å². The summed E-state index contributed by atoms with van der Waals surface area (Å²) >= 11 is 0. The molecule has 0 bridgehead atoms. The van der Waals surface area contributed by atoms with Crippen molar-refractivity contribution in [2.24, 2.45) is 0 Å². The Labute approximate surface area is 158 Å². The van der Waals surface area contributed by atoms with Crippen molar-refractivity contribution in [2.45, 2.75) is 32.2 Å². The van der Waals surface area contributed by atoms with Crippen LogP contribution in [-0.2, 0) is 0 Å². The zero-order chi connectivity index (χ0) is 18.8. The Balaban J connectivity index is 1.59. The molecule has 1 aromatic heterocycles. The van der Waals surface area contributed by atoms with Gasteiger partial charge in [-0.1, -0.05) is 30.3 Å². The number of amides is 2. The van der Waals surface area contributed by atoms with Gasteiger partial charge in [-0.2, -0.15) is 0 Å². The molecule has 1 atom stereocenters.